The number of likely N-dealkylation sites (tertiary alicyclic amines) is 1. The van der Waals surface area contributed by atoms with Gasteiger partial charge in [0, 0.05) is 45.2 Å². The molecule has 3 heterocycles. The summed E-state index contributed by atoms with van der Waals surface area (Å²) in [5.41, 5.74) is 1.39. The molecule has 4 rings (SSSR count). The fourth-order valence-electron chi connectivity index (χ4n) is 5.28. The fraction of sp³-hybridized carbons (Fsp3) is 0.682. The maximum absolute atomic E-state index is 12.7. The molecule has 0 spiro atoms. The molecule has 3 aliphatic rings. The number of nitrogens with zero attached hydrogens (tertiary/aromatic N) is 2. The van der Waals surface area contributed by atoms with Gasteiger partial charge >= 0.3 is 0 Å². The quantitative estimate of drug-likeness (QED) is 0.750. The number of hydrogen-bond donors (Lipinski definition) is 1. The Morgan fingerprint density at radius 1 is 1.07 bits per heavy atom. The number of carbonyl (C=O) groups excluding carboxylic acids is 1. The largest absolute Gasteiger partial charge is 0.345 e. The molecule has 1 N–H and O–H groups in total. The van der Waals surface area contributed by atoms with Gasteiger partial charge in [-0.15, -0.1) is 24.8 Å². The van der Waals surface area contributed by atoms with E-state index in [1.807, 2.05) is 11.9 Å². The van der Waals surface area contributed by atoms with E-state index in [1.54, 1.807) is 0 Å². The van der Waals surface area contributed by atoms with Gasteiger partial charge in [0.25, 0.3) is 0 Å². The summed E-state index contributed by atoms with van der Waals surface area (Å²) in [5, 5.41) is 3.68. The summed E-state index contributed by atoms with van der Waals surface area (Å²) in [7, 11) is 2.01. The molecule has 3 fully saturated rings. The lowest BCUT2D eigenvalue weighted by Crippen LogP contribution is -2.40. The monoisotopic (exact) mass is 427 g/mol. The summed E-state index contributed by atoms with van der Waals surface area (Å²) >= 11 is 0. The predicted octanol–water partition coefficient (Wildman–Crippen LogP) is 3.73. The van der Waals surface area contributed by atoms with E-state index in [0.717, 1.165) is 32.6 Å². The van der Waals surface area contributed by atoms with E-state index in [1.165, 1.54) is 37.7 Å². The van der Waals surface area contributed by atoms with Crippen LogP contribution in [-0.2, 0) is 11.3 Å². The Hall–Kier alpha value is -0.810. The second-order valence-corrected chi connectivity index (χ2v) is 8.83. The van der Waals surface area contributed by atoms with Gasteiger partial charge in [-0.05, 0) is 56.0 Å². The lowest BCUT2D eigenvalue weighted by atomic mass is 9.89. The first-order valence-corrected chi connectivity index (χ1v) is 10.4. The van der Waals surface area contributed by atoms with Gasteiger partial charge in [-0.2, -0.15) is 0 Å². The van der Waals surface area contributed by atoms with E-state index in [2.05, 4.69) is 40.5 Å². The van der Waals surface area contributed by atoms with Gasteiger partial charge in [0.05, 0.1) is 0 Å². The Morgan fingerprint density at radius 2 is 1.75 bits per heavy atom. The number of halogens is 2. The van der Waals surface area contributed by atoms with Crippen LogP contribution in [0.15, 0.2) is 30.3 Å². The molecule has 6 heteroatoms. The SMILES string of the molecule is CN(CC1CCN(Cc2ccccc2)C1)C(=O)CC1CC2CCC(C1)N2.Cl.Cl. The highest BCUT2D eigenvalue weighted by atomic mass is 35.5. The first-order chi connectivity index (χ1) is 12.7. The van der Waals surface area contributed by atoms with Crippen molar-refractivity contribution in [3.8, 4) is 0 Å². The first-order valence-electron chi connectivity index (χ1n) is 10.4. The average Bonchev–Trinajstić information content (AvgIpc) is 3.21. The maximum atomic E-state index is 12.7. The third-order valence-corrected chi connectivity index (χ3v) is 6.61. The van der Waals surface area contributed by atoms with Gasteiger partial charge in [0.2, 0.25) is 5.91 Å². The van der Waals surface area contributed by atoms with Gasteiger partial charge in [0.1, 0.15) is 0 Å². The molecule has 0 aromatic heterocycles. The van der Waals surface area contributed by atoms with Crippen LogP contribution in [0.25, 0.3) is 0 Å². The highest BCUT2D eigenvalue weighted by molar-refractivity contribution is 5.85. The van der Waals surface area contributed by atoms with E-state index >= 15 is 0 Å². The van der Waals surface area contributed by atoms with Gasteiger partial charge in [0.15, 0.2) is 0 Å². The summed E-state index contributed by atoms with van der Waals surface area (Å²) in [6, 6.07) is 12.1. The second-order valence-electron chi connectivity index (χ2n) is 8.83. The molecular weight excluding hydrogens is 393 g/mol. The molecule has 3 aliphatic heterocycles. The summed E-state index contributed by atoms with van der Waals surface area (Å²) in [6.45, 7) is 4.22. The van der Waals surface area contributed by atoms with Gasteiger partial charge < -0.3 is 10.2 Å². The minimum absolute atomic E-state index is 0. The Labute approximate surface area is 182 Å². The molecule has 1 aromatic carbocycles. The lowest BCUT2D eigenvalue weighted by molar-refractivity contribution is -0.131. The molecule has 4 nitrogen and oxygen atoms in total. The first kappa shape index (κ1) is 23.5. The number of fused-ring (bicyclic) bond motifs is 2. The molecule has 3 unspecified atom stereocenters. The predicted molar refractivity (Wildman–Crippen MR) is 119 cm³/mol. The minimum Gasteiger partial charge on any atom is -0.345 e. The number of nitrogens with one attached hydrogen (secondary N) is 1. The van der Waals surface area contributed by atoms with Crippen molar-refractivity contribution in [2.45, 2.75) is 57.2 Å². The number of benzene rings is 1. The number of amides is 1. The van der Waals surface area contributed by atoms with Crippen molar-refractivity contribution in [3.05, 3.63) is 35.9 Å². The van der Waals surface area contributed by atoms with Crippen molar-refractivity contribution < 1.29 is 4.79 Å². The lowest BCUT2D eigenvalue weighted by Gasteiger charge is -2.30. The minimum atomic E-state index is 0. The van der Waals surface area contributed by atoms with Crippen LogP contribution in [-0.4, -0.2) is 54.5 Å². The fourth-order valence-corrected chi connectivity index (χ4v) is 5.28. The smallest absolute Gasteiger partial charge is 0.222 e. The molecular formula is C22H35Cl2N3O. The maximum Gasteiger partial charge on any atom is 0.222 e. The molecule has 1 aromatic rings. The number of carbonyl (C=O) groups is 1. The molecule has 158 valence electrons. The Morgan fingerprint density at radius 3 is 2.43 bits per heavy atom. The molecule has 0 saturated carbocycles. The van der Waals surface area contributed by atoms with Crippen molar-refractivity contribution in [3.63, 3.8) is 0 Å². The van der Waals surface area contributed by atoms with Crippen molar-refractivity contribution in [1.82, 2.24) is 15.1 Å². The summed E-state index contributed by atoms with van der Waals surface area (Å²) in [4.78, 5) is 17.2. The van der Waals surface area contributed by atoms with Crippen LogP contribution >= 0.6 is 24.8 Å². The number of rotatable bonds is 6. The van der Waals surface area contributed by atoms with Gasteiger partial charge in [-0.3, -0.25) is 9.69 Å². The topological polar surface area (TPSA) is 35.6 Å². The highest BCUT2D eigenvalue weighted by Crippen LogP contribution is 2.33. The van der Waals surface area contributed by atoms with Crippen molar-refractivity contribution in [2.24, 2.45) is 11.8 Å². The van der Waals surface area contributed by atoms with Crippen LogP contribution < -0.4 is 5.32 Å². The van der Waals surface area contributed by atoms with Gasteiger partial charge in [-0.25, -0.2) is 0 Å². The third kappa shape index (κ3) is 6.09. The zero-order chi connectivity index (χ0) is 17.9. The van der Waals surface area contributed by atoms with Crippen molar-refractivity contribution >= 4 is 30.7 Å². The zero-order valence-corrected chi connectivity index (χ0v) is 18.5. The van der Waals surface area contributed by atoms with Crippen LogP contribution in [0.5, 0.6) is 0 Å². The molecule has 1 amide bonds. The molecule has 3 saturated heterocycles. The molecule has 28 heavy (non-hydrogen) atoms. The van der Waals surface area contributed by atoms with Gasteiger partial charge in [-0.1, -0.05) is 30.3 Å². The van der Waals surface area contributed by atoms with Crippen molar-refractivity contribution in [1.29, 1.82) is 0 Å². The molecule has 2 bridgehead atoms. The Balaban J connectivity index is 0.00000140. The molecule has 0 radical (unpaired) electrons. The van der Waals surface area contributed by atoms with Crippen LogP contribution in [0.4, 0.5) is 0 Å². The number of hydrogen-bond acceptors (Lipinski definition) is 3. The second kappa shape index (κ2) is 10.8. The summed E-state index contributed by atoms with van der Waals surface area (Å²) in [5.74, 6) is 1.58. The van der Waals surface area contributed by atoms with E-state index < -0.39 is 0 Å². The number of piperidine rings is 1. The third-order valence-electron chi connectivity index (χ3n) is 6.61. The van der Waals surface area contributed by atoms with E-state index in [9.17, 15) is 4.79 Å². The Bertz CT molecular complexity index is 603. The normalized spacial score (nSPS) is 29.0. The van der Waals surface area contributed by atoms with E-state index in [-0.39, 0.29) is 24.8 Å². The van der Waals surface area contributed by atoms with E-state index in [0.29, 0.717) is 29.8 Å². The van der Waals surface area contributed by atoms with Crippen LogP contribution in [0.3, 0.4) is 0 Å². The summed E-state index contributed by atoms with van der Waals surface area (Å²) in [6.07, 6.45) is 6.98. The van der Waals surface area contributed by atoms with E-state index in [4.69, 9.17) is 0 Å². The molecule has 3 atom stereocenters. The molecule has 0 aliphatic carbocycles. The van der Waals surface area contributed by atoms with Crippen LogP contribution in [0.1, 0.15) is 44.1 Å². The zero-order valence-electron chi connectivity index (χ0n) is 16.9. The van der Waals surface area contributed by atoms with Crippen LogP contribution in [0, 0.1) is 11.8 Å². The highest BCUT2D eigenvalue weighted by Gasteiger charge is 2.35. The summed E-state index contributed by atoms with van der Waals surface area (Å²) < 4.78 is 0. The Kier molecular flexibility index (Phi) is 9.07. The van der Waals surface area contributed by atoms with Crippen LogP contribution in [0.2, 0.25) is 0 Å². The average molecular weight is 428 g/mol. The standard InChI is InChI=1S/C22H33N3O.2ClH/c1-24(22(26)13-19-11-20-7-8-21(12-19)23-20)14-18-9-10-25(16-18)15-17-5-3-2-4-6-17;;/h2-6,18-21,23H,7-16H2,1H3;2*1H. The van der Waals surface area contributed by atoms with Crippen molar-refractivity contribution in [2.75, 3.05) is 26.7 Å².